The minimum absolute atomic E-state index is 0.209. The highest BCUT2D eigenvalue weighted by atomic mass is 32.1. The maximum absolute atomic E-state index is 13.6. The van der Waals surface area contributed by atoms with Gasteiger partial charge in [0.2, 0.25) is 0 Å². The summed E-state index contributed by atoms with van der Waals surface area (Å²) in [4.78, 5) is 35.8. The van der Waals surface area contributed by atoms with Gasteiger partial charge in [0.25, 0.3) is 5.56 Å². The number of aromatic nitrogens is 2. The van der Waals surface area contributed by atoms with E-state index >= 15 is 0 Å². The number of ether oxygens (including phenoxy) is 3. The number of carbonyl (C=O) groups excluding carboxylic acids is 1. The quantitative estimate of drug-likeness (QED) is 0.484. The molecular formula is C25H25N3O5S. The fourth-order valence-electron chi connectivity index (χ4n) is 3.85. The van der Waals surface area contributed by atoms with Crippen LogP contribution in [0.2, 0.25) is 0 Å². The SMILES string of the molecule is CCOC(=O)C1=C(C)N=c2s/c(=C\c3cccnc3)c(=O)n2[C@@H]1c1ccc(OC)c(OCC)c1. The summed E-state index contributed by atoms with van der Waals surface area (Å²) in [5.41, 5.74) is 2.06. The number of thiazole rings is 1. The summed E-state index contributed by atoms with van der Waals surface area (Å²) >= 11 is 1.27. The van der Waals surface area contributed by atoms with Crippen LogP contribution in [0.1, 0.15) is 37.9 Å². The van der Waals surface area contributed by atoms with Crippen molar-refractivity contribution in [1.82, 2.24) is 9.55 Å². The summed E-state index contributed by atoms with van der Waals surface area (Å²) < 4.78 is 18.5. The Balaban J connectivity index is 1.97. The van der Waals surface area contributed by atoms with Gasteiger partial charge in [0.15, 0.2) is 16.3 Å². The van der Waals surface area contributed by atoms with Gasteiger partial charge in [0.05, 0.1) is 42.2 Å². The smallest absolute Gasteiger partial charge is 0.338 e. The predicted molar refractivity (Wildman–Crippen MR) is 129 cm³/mol. The Kier molecular flexibility index (Phi) is 6.93. The lowest BCUT2D eigenvalue weighted by molar-refractivity contribution is -0.139. The molecule has 0 N–H and O–H groups in total. The molecule has 0 unspecified atom stereocenters. The highest BCUT2D eigenvalue weighted by molar-refractivity contribution is 7.07. The highest BCUT2D eigenvalue weighted by Gasteiger charge is 2.33. The zero-order valence-corrected chi connectivity index (χ0v) is 20.2. The van der Waals surface area contributed by atoms with E-state index in [9.17, 15) is 9.59 Å². The zero-order chi connectivity index (χ0) is 24.2. The van der Waals surface area contributed by atoms with E-state index in [2.05, 4.69) is 9.98 Å². The van der Waals surface area contributed by atoms with E-state index in [0.29, 0.717) is 44.3 Å². The van der Waals surface area contributed by atoms with Gasteiger partial charge in [-0.25, -0.2) is 9.79 Å². The van der Waals surface area contributed by atoms with Crippen molar-refractivity contribution in [3.05, 3.63) is 84.8 Å². The van der Waals surface area contributed by atoms with Crippen molar-refractivity contribution in [2.45, 2.75) is 26.8 Å². The lowest BCUT2D eigenvalue weighted by Gasteiger charge is -2.25. The number of hydrogen-bond acceptors (Lipinski definition) is 8. The minimum atomic E-state index is -0.725. The van der Waals surface area contributed by atoms with Crippen molar-refractivity contribution in [3.63, 3.8) is 0 Å². The number of esters is 1. The molecule has 4 rings (SSSR count). The summed E-state index contributed by atoms with van der Waals surface area (Å²) in [6.45, 7) is 6.02. The summed E-state index contributed by atoms with van der Waals surface area (Å²) in [6, 6.07) is 8.34. The molecule has 1 aliphatic rings. The third-order valence-corrected chi connectivity index (χ3v) is 6.29. The van der Waals surface area contributed by atoms with Gasteiger partial charge < -0.3 is 14.2 Å². The molecule has 1 atom stereocenters. The van der Waals surface area contributed by atoms with Crippen molar-refractivity contribution in [1.29, 1.82) is 0 Å². The number of benzene rings is 1. The molecule has 0 saturated heterocycles. The van der Waals surface area contributed by atoms with Crippen LogP contribution in [0.25, 0.3) is 6.08 Å². The fourth-order valence-corrected chi connectivity index (χ4v) is 4.90. The average Bonchev–Trinajstić information content (AvgIpc) is 3.13. The molecule has 3 aromatic rings. The van der Waals surface area contributed by atoms with Crippen LogP contribution in [0.3, 0.4) is 0 Å². The molecule has 8 nitrogen and oxygen atoms in total. The Morgan fingerprint density at radius 2 is 2.03 bits per heavy atom. The number of nitrogens with zero attached hydrogens (tertiary/aromatic N) is 3. The average molecular weight is 480 g/mol. The molecule has 3 heterocycles. The Morgan fingerprint density at radius 1 is 1.21 bits per heavy atom. The van der Waals surface area contributed by atoms with Crippen LogP contribution in [0.5, 0.6) is 11.5 Å². The monoisotopic (exact) mass is 479 g/mol. The van der Waals surface area contributed by atoms with Gasteiger partial charge >= 0.3 is 5.97 Å². The van der Waals surface area contributed by atoms with E-state index in [4.69, 9.17) is 14.2 Å². The second-order valence-electron chi connectivity index (χ2n) is 7.43. The zero-order valence-electron chi connectivity index (χ0n) is 19.4. The minimum Gasteiger partial charge on any atom is -0.493 e. The van der Waals surface area contributed by atoms with Gasteiger partial charge in [-0.3, -0.25) is 14.3 Å². The Morgan fingerprint density at radius 3 is 2.71 bits per heavy atom. The van der Waals surface area contributed by atoms with Crippen molar-refractivity contribution in [2.24, 2.45) is 4.99 Å². The first-order valence-corrected chi connectivity index (χ1v) is 11.7. The second-order valence-corrected chi connectivity index (χ2v) is 8.44. The molecule has 0 aliphatic carbocycles. The number of methoxy groups -OCH3 is 1. The predicted octanol–water partition coefficient (Wildman–Crippen LogP) is 2.60. The van der Waals surface area contributed by atoms with Crippen LogP contribution in [0.4, 0.5) is 0 Å². The maximum Gasteiger partial charge on any atom is 0.338 e. The lowest BCUT2D eigenvalue weighted by atomic mass is 9.95. The number of fused-ring (bicyclic) bond motifs is 1. The van der Waals surface area contributed by atoms with Crippen molar-refractivity contribution >= 4 is 23.4 Å². The van der Waals surface area contributed by atoms with Crippen molar-refractivity contribution in [3.8, 4) is 11.5 Å². The summed E-state index contributed by atoms with van der Waals surface area (Å²) in [6.07, 6.45) is 5.13. The van der Waals surface area contributed by atoms with E-state index in [-0.39, 0.29) is 12.2 Å². The molecule has 1 aromatic carbocycles. The number of rotatable bonds is 7. The maximum atomic E-state index is 13.6. The first-order valence-electron chi connectivity index (χ1n) is 10.9. The van der Waals surface area contributed by atoms with Gasteiger partial charge in [-0.05, 0) is 56.2 Å². The molecule has 0 bridgehead atoms. The van der Waals surface area contributed by atoms with Gasteiger partial charge in [-0.2, -0.15) is 0 Å². The van der Waals surface area contributed by atoms with Gasteiger partial charge in [0, 0.05) is 12.4 Å². The molecule has 9 heteroatoms. The van der Waals surface area contributed by atoms with E-state index < -0.39 is 12.0 Å². The topological polar surface area (TPSA) is 92.0 Å². The molecular weight excluding hydrogens is 454 g/mol. The van der Waals surface area contributed by atoms with Crippen LogP contribution in [0, 0.1) is 0 Å². The number of allylic oxidation sites excluding steroid dienone is 1. The van der Waals surface area contributed by atoms with Gasteiger partial charge in [-0.1, -0.05) is 23.5 Å². The Hall–Kier alpha value is -3.72. The summed E-state index contributed by atoms with van der Waals surface area (Å²) in [5, 5.41) is 0. The second kappa shape index (κ2) is 10.0. The molecule has 2 aromatic heterocycles. The van der Waals surface area contributed by atoms with Crippen LogP contribution < -0.4 is 24.4 Å². The van der Waals surface area contributed by atoms with Crippen LogP contribution in [0.15, 0.2) is 63.8 Å². The molecule has 0 radical (unpaired) electrons. The number of pyridine rings is 1. The molecule has 0 amide bonds. The van der Waals surface area contributed by atoms with Crippen molar-refractivity contribution < 1.29 is 19.0 Å². The normalized spacial score (nSPS) is 15.5. The number of hydrogen-bond donors (Lipinski definition) is 0. The molecule has 0 saturated carbocycles. The van der Waals surface area contributed by atoms with E-state index in [1.165, 1.54) is 11.3 Å². The van der Waals surface area contributed by atoms with Crippen LogP contribution >= 0.6 is 11.3 Å². The Labute approximate surface area is 200 Å². The summed E-state index contributed by atoms with van der Waals surface area (Å²) in [7, 11) is 1.56. The van der Waals surface area contributed by atoms with E-state index in [1.807, 2.05) is 19.1 Å². The number of carbonyl (C=O) groups is 1. The van der Waals surface area contributed by atoms with Crippen LogP contribution in [-0.4, -0.2) is 35.8 Å². The molecule has 0 fully saturated rings. The third-order valence-electron chi connectivity index (χ3n) is 5.30. The van der Waals surface area contributed by atoms with E-state index in [0.717, 1.165) is 5.56 Å². The van der Waals surface area contributed by atoms with Crippen LogP contribution in [-0.2, 0) is 9.53 Å². The third kappa shape index (κ3) is 4.38. The molecule has 1 aliphatic heterocycles. The lowest BCUT2D eigenvalue weighted by Crippen LogP contribution is -2.40. The molecule has 0 spiro atoms. The van der Waals surface area contributed by atoms with Crippen molar-refractivity contribution in [2.75, 3.05) is 20.3 Å². The van der Waals surface area contributed by atoms with E-state index in [1.54, 1.807) is 62.2 Å². The first kappa shape index (κ1) is 23.4. The first-order chi connectivity index (χ1) is 16.5. The standard InChI is InChI=1S/C25H25N3O5S/c1-5-32-19-13-17(9-10-18(19)31-4)22-21(24(30)33-6-2)15(3)27-25-28(22)23(29)20(34-25)12-16-8-7-11-26-14-16/h7-14,22H,5-6H2,1-4H3/b20-12-/t22-/m1/s1. The highest BCUT2D eigenvalue weighted by Crippen LogP contribution is 2.36. The summed E-state index contributed by atoms with van der Waals surface area (Å²) in [5.74, 6) is 0.579. The fraction of sp³-hybridized carbons (Fsp3) is 0.280. The Bertz CT molecular complexity index is 1420. The largest absolute Gasteiger partial charge is 0.493 e. The van der Waals surface area contributed by atoms with Gasteiger partial charge in [-0.15, -0.1) is 0 Å². The molecule has 176 valence electrons. The molecule has 34 heavy (non-hydrogen) atoms. The van der Waals surface area contributed by atoms with Gasteiger partial charge in [0.1, 0.15) is 0 Å².